The molecule has 0 bridgehead atoms. The van der Waals surface area contributed by atoms with E-state index in [1.165, 1.54) is 12.1 Å². The summed E-state index contributed by atoms with van der Waals surface area (Å²) < 4.78 is 71.3. The second kappa shape index (κ2) is 8.07. The average molecular weight is 408 g/mol. The highest BCUT2D eigenvalue weighted by Gasteiger charge is 2.30. The van der Waals surface area contributed by atoms with Crippen molar-refractivity contribution in [1.82, 2.24) is 4.72 Å². The zero-order valence-electron chi connectivity index (χ0n) is 13.3. The molecule has 0 fully saturated rings. The van der Waals surface area contributed by atoms with Gasteiger partial charge in [-0.25, -0.2) is 21.6 Å². The predicted molar refractivity (Wildman–Crippen MR) is 87.6 cm³/mol. The third kappa shape index (κ3) is 4.54. The van der Waals surface area contributed by atoms with Gasteiger partial charge in [0.1, 0.15) is 10.9 Å². The molecule has 10 heteroatoms. The maximum absolute atomic E-state index is 13.8. The zero-order valence-corrected chi connectivity index (χ0v) is 14.9. The molecular formula is C16H13ClF3NO4S. The maximum Gasteiger partial charge on any atom is 0.324 e. The summed E-state index contributed by atoms with van der Waals surface area (Å²) >= 11 is 5.76. The van der Waals surface area contributed by atoms with Crippen molar-refractivity contribution in [2.75, 3.05) is 7.11 Å². The molecule has 2 rings (SSSR count). The number of hydrogen-bond acceptors (Lipinski definition) is 4. The van der Waals surface area contributed by atoms with Gasteiger partial charge in [-0.05, 0) is 36.2 Å². The van der Waals surface area contributed by atoms with Gasteiger partial charge in [-0.3, -0.25) is 4.79 Å². The number of nitrogens with one attached hydrogen (secondary N) is 1. The van der Waals surface area contributed by atoms with Crippen molar-refractivity contribution in [2.24, 2.45) is 0 Å². The summed E-state index contributed by atoms with van der Waals surface area (Å²) in [5.74, 6) is -6.29. The van der Waals surface area contributed by atoms with Crippen LogP contribution >= 0.6 is 11.6 Å². The Morgan fingerprint density at radius 3 is 2.31 bits per heavy atom. The van der Waals surface area contributed by atoms with Crippen LogP contribution in [-0.4, -0.2) is 27.5 Å². The number of carbonyl (C=O) groups excluding carboxylic acids is 1. The summed E-state index contributed by atoms with van der Waals surface area (Å²) in [4.78, 5) is 10.8. The van der Waals surface area contributed by atoms with E-state index in [-0.39, 0.29) is 6.42 Å². The lowest BCUT2D eigenvalue weighted by atomic mass is 10.1. The Kier molecular flexibility index (Phi) is 6.27. The first-order chi connectivity index (χ1) is 12.2. The number of hydrogen-bond donors (Lipinski definition) is 1. The van der Waals surface area contributed by atoms with Crippen LogP contribution in [0.5, 0.6) is 0 Å². The second-order valence-electron chi connectivity index (χ2n) is 5.20. The van der Waals surface area contributed by atoms with Gasteiger partial charge in [0, 0.05) is 5.02 Å². The van der Waals surface area contributed by atoms with E-state index < -0.39 is 44.4 Å². The van der Waals surface area contributed by atoms with Gasteiger partial charge >= 0.3 is 5.97 Å². The number of carbonyl (C=O) groups is 1. The quantitative estimate of drug-likeness (QED) is 0.590. The van der Waals surface area contributed by atoms with Crippen molar-refractivity contribution in [3.63, 3.8) is 0 Å². The third-order valence-electron chi connectivity index (χ3n) is 3.43. The van der Waals surface area contributed by atoms with E-state index in [9.17, 15) is 26.4 Å². The monoisotopic (exact) mass is 407 g/mol. The van der Waals surface area contributed by atoms with Gasteiger partial charge in [-0.15, -0.1) is 0 Å². The predicted octanol–water partition coefficient (Wildman–Crippen LogP) is 2.82. The Bertz CT molecular complexity index is 920. The van der Waals surface area contributed by atoms with Crippen LogP contribution in [0.1, 0.15) is 5.56 Å². The van der Waals surface area contributed by atoms with Crippen LogP contribution in [0.4, 0.5) is 13.2 Å². The molecule has 0 aliphatic rings. The van der Waals surface area contributed by atoms with Crippen molar-refractivity contribution in [1.29, 1.82) is 0 Å². The highest BCUT2D eigenvalue weighted by Crippen LogP contribution is 2.20. The molecule has 5 nitrogen and oxygen atoms in total. The fourth-order valence-electron chi connectivity index (χ4n) is 2.14. The number of halogens is 4. The minimum absolute atomic E-state index is 0.131. The molecular weight excluding hydrogens is 395 g/mol. The lowest BCUT2D eigenvalue weighted by Gasteiger charge is -2.17. The highest BCUT2D eigenvalue weighted by molar-refractivity contribution is 7.89. The standard InChI is InChI=1S/C16H13ClF3NO4S/c1-25-16(22)12(8-9-2-4-10(17)5-3-9)21-26(23,24)13-7-6-11(18)14(19)15(13)20/h2-7,12,21H,8H2,1H3. The number of methoxy groups -OCH3 is 1. The third-order valence-corrected chi connectivity index (χ3v) is 5.17. The molecule has 0 aliphatic carbocycles. The maximum atomic E-state index is 13.8. The SMILES string of the molecule is COC(=O)C(Cc1ccc(Cl)cc1)NS(=O)(=O)c1ccc(F)c(F)c1F. The summed E-state index contributed by atoms with van der Waals surface area (Å²) in [5, 5.41) is 0.438. The first-order valence-corrected chi connectivity index (χ1v) is 9.00. The first kappa shape index (κ1) is 20.2. The summed E-state index contributed by atoms with van der Waals surface area (Å²) in [5.41, 5.74) is 0.540. The number of esters is 1. The van der Waals surface area contributed by atoms with Crippen LogP contribution in [0.15, 0.2) is 41.3 Å². The molecule has 0 aromatic heterocycles. The zero-order chi connectivity index (χ0) is 19.5. The van der Waals surface area contributed by atoms with Crippen molar-refractivity contribution >= 4 is 27.6 Å². The van der Waals surface area contributed by atoms with E-state index in [0.717, 1.165) is 7.11 Å². The fraction of sp³-hybridized carbons (Fsp3) is 0.188. The lowest BCUT2D eigenvalue weighted by molar-refractivity contribution is -0.142. The van der Waals surface area contributed by atoms with Crippen molar-refractivity contribution in [3.05, 3.63) is 64.4 Å². The summed E-state index contributed by atoms with van der Waals surface area (Å²) in [7, 11) is -3.63. The van der Waals surface area contributed by atoms with Gasteiger partial charge < -0.3 is 4.74 Å². The second-order valence-corrected chi connectivity index (χ2v) is 7.32. The van der Waals surface area contributed by atoms with Crippen LogP contribution in [0.3, 0.4) is 0 Å². The van der Waals surface area contributed by atoms with Crippen LogP contribution in [-0.2, 0) is 26.0 Å². The molecule has 0 saturated heterocycles. The van der Waals surface area contributed by atoms with Gasteiger partial charge in [0.25, 0.3) is 0 Å². The van der Waals surface area contributed by atoms with Crippen LogP contribution in [0.2, 0.25) is 5.02 Å². The van der Waals surface area contributed by atoms with Crippen molar-refractivity contribution in [3.8, 4) is 0 Å². The van der Waals surface area contributed by atoms with Crippen molar-refractivity contribution < 1.29 is 31.1 Å². The molecule has 0 amide bonds. The minimum atomic E-state index is -4.67. The average Bonchev–Trinajstić information content (AvgIpc) is 2.60. The number of rotatable bonds is 6. The van der Waals surface area contributed by atoms with Crippen LogP contribution in [0, 0.1) is 17.5 Å². The molecule has 140 valence electrons. The molecule has 2 aromatic carbocycles. The Balaban J connectivity index is 2.34. The normalized spacial score (nSPS) is 12.7. The summed E-state index contributed by atoms with van der Waals surface area (Å²) in [6.45, 7) is 0. The van der Waals surface area contributed by atoms with E-state index >= 15 is 0 Å². The van der Waals surface area contributed by atoms with Gasteiger partial charge in [-0.1, -0.05) is 23.7 Å². The fourth-order valence-corrected chi connectivity index (χ4v) is 3.52. The largest absolute Gasteiger partial charge is 0.468 e. The molecule has 2 aromatic rings. The van der Waals surface area contributed by atoms with E-state index in [2.05, 4.69) is 4.74 Å². The van der Waals surface area contributed by atoms with Crippen molar-refractivity contribution in [2.45, 2.75) is 17.4 Å². The van der Waals surface area contributed by atoms with E-state index in [4.69, 9.17) is 11.6 Å². The summed E-state index contributed by atoms with van der Waals surface area (Å²) in [6.07, 6.45) is -0.131. The van der Waals surface area contributed by atoms with E-state index in [0.29, 0.717) is 22.7 Å². The van der Waals surface area contributed by atoms with Gasteiger partial charge in [0.2, 0.25) is 10.0 Å². The molecule has 0 heterocycles. The van der Waals surface area contributed by atoms with E-state index in [1.807, 2.05) is 4.72 Å². The molecule has 26 heavy (non-hydrogen) atoms. The van der Waals surface area contributed by atoms with E-state index in [1.54, 1.807) is 12.1 Å². The lowest BCUT2D eigenvalue weighted by Crippen LogP contribution is -2.43. The molecule has 0 aliphatic heterocycles. The Morgan fingerprint density at radius 1 is 1.12 bits per heavy atom. The molecule has 0 saturated carbocycles. The Labute approximate surface area is 152 Å². The molecule has 1 atom stereocenters. The smallest absolute Gasteiger partial charge is 0.324 e. The minimum Gasteiger partial charge on any atom is -0.468 e. The molecule has 1 N–H and O–H groups in total. The molecule has 0 spiro atoms. The summed E-state index contributed by atoms with van der Waals surface area (Å²) in [6, 6.07) is 5.81. The first-order valence-electron chi connectivity index (χ1n) is 7.14. The van der Waals surface area contributed by atoms with Crippen LogP contribution < -0.4 is 4.72 Å². The Hall–Kier alpha value is -2.10. The molecule has 0 radical (unpaired) electrons. The molecule has 1 unspecified atom stereocenters. The highest BCUT2D eigenvalue weighted by atomic mass is 35.5. The number of sulfonamides is 1. The topological polar surface area (TPSA) is 72.5 Å². The van der Waals surface area contributed by atoms with Gasteiger partial charge in [0.15, 0.2) is 17.5 Å². The Morgan fingerprint density at radius 2 is 1.73 bits per heavy atom. The van der Waals surface area contributed by atoms with Gasteiger partial charge in [0.05, 0.1) is 7.11 Å². The van der Waals surface area contributed by atoms with Crippen LogP contribution in [0.25, 0.3) is 0 Å². The number of ether oxygens (including phenoxy) is 1. The number of benzene rings is 2. The van der Waals surface area contributed by atoms with Gasteiger partial charge in [-0.2, -0.15) is 4.72 Å².